The van der Waals surface area contributed by atoms with Gasteiger partial charge in [-0.05, 0) is 31.2 Å². The van der Waals surface area contributed by atoms with Crippen molar-refractivity contribution in [2.24, 2.45) is 0 Å². The average molecular weight is 352 g/mol. The summed E-state index contributed by atoms with van der Waals surface area (Å²) in [6.45, 7) is 1.99. The maximum absolute atomic E-state index is 12.3. The minimum atomic E-state index is -0.493. The predicted molar refractivity (Wildman–Crippen MR) is 95.8 cm³/mol. The molecule has 124 valence electrons. The normalized spacial score (nSPS) is 11.1. The molecule has 0 amide bonds. The first kappa shape index (κ1) is 15.6. The fraction of sp³-hybridized carbons (Fsp3) is 0.105. The third-order valence-corrected chi connectivity index (χ3v) is 4.34. The molecule has 0 spiro atoms. The van der Waals surface area contributed by atoms with Crippen LogP contribution in [0.2, 0.25) is 5.15 Å². The number of ether oxygens (including phenoxy) is 1. The minimum absolute atomic E-state index is 0.0440. The van der Waals surface area contributed by atoms with Gasteiger partial charge < -0.3 is 9.14 Å². The molecule has 0 aliphatic rings. The number of rotatable bonds is 3. The van der Waals surface area contributed by atoms with E-state index in [0.717, 1.165) is 16.6 Å². The molecule has 1 aromatic carbocycles. The first-order valence-electron chi connectivity index (χ1n) is 7.78. The Morgan fingerprint density at radius 3 is 2.84 bits per heavy atom. The smallest absolute Gasteiger partial charge is 0.358 e. The highest BCUT2D eigenvalue weighted by molar-refractivity contribution is 6.30. The number of benzene rings is 1. The van der Waals surface area contributed by atoms with E-state index in [1.54, 1.807) is 6.20 Å². The number of aromatic nitrogens is 3. The molecule has 0 radical (unpaired) electrons. The largest absolute Gasteiger partial charge is 0.456 e. The number of carbonyl (C=O) groups excluding carboxylic acids is 1. The summed E-state index contributed by atoms with van der Waals surface area (Å²) in [5.41, 5.74) is 3.43. The summed E-state index contributed by atoms with van der Waals surface area (Å²) in [4.78, 5) is 20.9. The van der Waals surface area contributed by atoms with Gasteiger partial charge in [0.05, 0.1) is 5.52 Å². The van der Waals surface area contributed by atoms with Crippen LogP contribution in [0.3, 0.4) is 0 Å². The summed E-state index contributed by atoms with van der Waals surface area (Å²) in [7, 11) is 0. The summed E-state index contributed by atoms with van der Waals surface area (Å²) in [6, 6.07) is 15.2. The fourth-order valence-corrected chi connectivity index (χ4v) is 2.90. The summed E-state index contributed by atoms with van der Waals surface area (Å²) in [5, 5.41) is 1.28. The van der Waals surface area contributed by atoms with Gasteiger partial charge in [-0.1, -0.05) is 35.9 Å². The van der Waals surface area contributed by atoms with Crippen LogP contribution < -0.4 is 0 Å². The van der Waals surface area contributed by atoms with Crippen molar-refractivity contribution in [3.8, 4) is 0 Å². The van der Waals surface area contributed by atoms with Gasteiger partial charge in [0.2, 0.25) is 0 Å². The maximum Gasteiger partial charge on any atom is 0.358 e. The molecule has 5 nitrogen and oxygen atoms in total. The number of pyridine rings is 2. The van der Waals surface area contributed by atoms with Crippen molar-refractivity contribution in [2.75, 3.05) is 0 Å². The SMILES string of the molecule is Cc1cccc2nc(C(=O)OCc3cc4ccccc4nc3Cl)cn12. The van der Waals surface area contributed by atoms with Crippen molar-refractivity contribution >= 4 is 34.1 Å². The van der Waals surface area contributed by atoms with Crippen LogP contribution in [0.5, 0.6) is 0 Å². The zero-order chi connectivity index (χ0) is 17.4. The Morgan fingerprint density at radius 1 is 1.16 bits per heavy atom. The van der Waals surface area contributed by atoms with Crippen molar-refractivity contribution in [1.29, 1.82) is 0 Å². The van der Waals surface area contributed by atoms with Crippen LogP contribution in [0, 0.1) is 6.92 Å². The van der Waals surface area contributed by atoms with E-state index in [2.05, 4.69) is 9.97 Å². The fourth-order valence-electron chi connectivity index (χ4n) is 2.70. The molecule has 3 aromatic heterocycles. The second-order valence-corrected chi connectivity index (χ2v) is 6.09. The lowest BCUT2D eigenvalue weighted by molar-refractivity contribution is 0.0466. The predicted octanol–water partition coefficient (Wildman–Crippen LogP) is 4.20. The summed E-state index contributed by atoms with van der Waals surface area (Å²) in [6.07, 6.45) is 1.67. The van der Waals surface area contributed by atoms with E-state index in [0.29, 0.717) is 16.4 Å². The van der Waals surface area contributed by atoms with Gasteiger partial charge in [0, 0.05) is 22.8 Å². The summed E-state index contributed by atoms with van der Waals surface area (Å²) < 4.78 is 7.22. The number of nitrogens with zero attached hydrogens (tertiary/aromatic N) is 3. The molecule has 0 aliphatic carbocycles. The molecular formula is C19H14ClN3O2. The lowest BCUT2D eigenvalue weighted by Gasteiger charge is -2.06. The zero-order valence-electron chi connectivity index (χ0n) is 13.4. The van der Waals surface area contributed by atoms with Gasteiger partial charge in [0.15, 0.2) is 5.69 Å². The number of esters is 1. The van der Waals surface area contributed by atoms with Gasteiger partial charge in [0.25, 0.3) is 0 Å². The topological polar surface area (TPSA) is 56.5 Å². The Balaban J connectivity index is 1.57. The number of aryl methyl sites for hydroxylation is 1. The third kappa shape index (κ3) is 2.94. The maximum atomic E-state index is 12.3. The lowest BCUT2D eigenvalue weighted by Crippen LogP contribution is -2.06. The van der Waals surface area contributed by atoms with Gasteiger partial charge in [-0.15, -0.1) is 0 Å². The van der Waals surface area contributed by atoms with Crippen molar-refractivity contribution in [1.82, 2.24) is 14.4 Å². The number of imidazole rings is 1. The third-order valence-electron chi connectivity index (χ3n) is 4.01. The standard InChI is InChI=1S/C19H14ClN3O2/c1-12-5-4-8-17-21-16(10-23(12)17)19(24)25-11-14-9-13-6-2-3-7-15(13)22-18(14)20/h2-10H,11H2,1H3. The second kappa shape index (κ2) is 6.18. The molecule has 0 unspecified atom stereocenters. The summed E-state index contributed by atoms with van der Waals surface area (Å²) in [5.74, 6) is -0.493. The van der Waals surface area contributed by atoms with Crippen LogP contribution in [0.15, 0.2) is 54.7 Å². The molecule has 0 fully saturated rings. The van der Waals surface area contributed by atoms with Crippen LogP contribution in [0.1, 0.15) is 21.7 Å². The molecule has 4 rings (SSSR count). The molecule has 6 heteroatoms. The zero-order valence-corrected chi connectivity index (χ0v) is 14.2. The number of para-hydroxylation sites is 1. The van der Waals surface area contributed by atoms with E-state index in [4.69, 9.17) is 16.3 Å². The van der Waals surface area contributed by atoms with Gasteiger partial charge in [-0.3, -0.25) is 0 Å². The number of hydrogen-bond acceptors (Lipinski definition) is 4. The van der Waals surface area contributed by atoms with E-state index < -0.39 is 5.97 Å². The van der Waals surface area contributed by atoms with Crippen molar-refractivity contribution in [3.63, 3.8) is 0 Å². The Bertz CT molecular complexity index is 1100. The Morgan fingerprint density at radius 2 is 2.00 bits per heavy atom. The van der Waals surface area contributed by atoms with Crippen LogP contribution in [-0.2, 0) is 11.3 Å². The number of fused-ring (bicyclic) bond motifs is 2. The van der Waals surface area contributed by atoms with E-state index in [9.17, 15) is 4.79 Å². The van der Waals surface area contributed by atoms with Crippen molar-refractivity contribution in [3.05, 3.63) is 76.8 Å². The highest BCUT2D eigenvalue weighted by atomic mass is 35.5. The highest BCUT2D eigenvalue weighted by Gasteiger charge is 2.14. The minimum Gasteiger partial charge on any atom is -0.456 e. The molecule has 4 aromatic rings. The molecule has 3 heterocycles. The van der Waals surface area contributed by atoms with Gasteiger partial charge >= 0.3 is 5.97 Å². The Hall–Kier alpha value is -2.92. The number of halogens is 1. The lowest BCUT2D eigenvalue weighted by atomic mass is 10.2. The molecule has 0 atom stereocenters. The molecule has 0 saturated carbocycles. The Kier molecular flexibility index (Phi) is 3.86. The molecule has 25 heavy (non-hydrogen) atoms. The van der Waals surface area contributed by atoms with Crippen LogP contribution in [0.4, 0.5) is 0 Å². The second-order valence-electron chi connectivity index (χ2n) is 5.73. The highest BCUT2D eigenvalue weighted by Crippen LogP contribution is 2.21. The van der Waals surface area contributed by atoms with Gasteiger partial charge in [-0.25, -0.2) is 14.8 Å². The van der Waals surface area contributed by atoms with Crippen molar-refractivity contribution < 1.29 is 9.53 Å². The number of hydrogen-bond donors (Lipinski definition) is 0. The van der Waals surface area contributed by atoms with Gasteiger partial charge in [0.1, 0.15) is 17.4 Å². The van der Waals surface area contributed by atoms with E-state index in [-0.39, 0.29) is 12.3 Å². The molecule has 0 N–H and O–H groups in total. The van der Waals surface area contributed by atoms with Gasteiger partial charge in [-0.2, -0.15) is 0 Å². The van der Waals surface area contributed by atoms with Crippen LogP contribution in [0.25, 0.3) is 16.6 Å². The quantitative estimate of drug-likeness (QED) is 0.410. The molecule has 0 bridgehead atoms. The first-order valence-corrected chi connectivity index (χ1v) is 8.15. The van der Waals surface area contributed by atoms with Crippen LogP contribution >= 0.6 is 11.6 Å². The Labute approximate surface area is 148 Å². The van der Waals surface area contributed by atoms with E-state index >= 15 is 0 Å². The van der Waals surface area contributed by atoms with Crippen LogP contribution in [-0.4, -0.2) is 20.3 Å². The molecule has 0 aliphatic heterocycles. The molecular weight excluding hydrogens is 338 g/mol. The summed E-state index contributed by atoms with van der Waals surface area (Å²) >= 11 is 6.20. The van der Waals surface area contributed by atoms with Crippen molar-refractivity contribution in [2.45, 2.75) is 13.5 Å². The first-order chi connectivity index (χ1) is 12.1. The van der Waals surface area contributed by atoms with E-state index in [1.807, 2.05) is 59.9 Å². The molecule has 0 saturated heterocycles. The monoisotopic (exact) mass is 351 g/mol. The van der Waals surface area contributed by atoms with E-state index in [1.165, 1.54) is 0 Å². The number of carbonyl (C=O) groups is 1. The average Bonchev–Trinajstić information content (AvgIpc) is 3.05.